The number of amidine groups is 1. The summed E-state index contributed by atoms with van der Waals surface area (Å²) in [5, 5.41) is 12.8. The molecule has 130 valence electrons. The van der Waals surface area contributed by atoms with Crippen LogP contribution in [0.15, 0.2) is 4.99 Å². The average Bonchev–Trinajstić information content (AvgIpc) is 2.51. The first-order chi connectivity index (χ1) is 10.6. The zero-order chi connectivity index (χ0) is 16.6. The number of unbranched alkanes of at least 4 members (excludes halogenated alkanes) is 4. The summed E-state index contributed by atoms with van der Waals surface area (Å²) in [6, 6.07) is 0. The van der Waals surface area contributed by atoms with Gasteiger partial charge < -0.3 is 15.2 Å². The lowest BCUT2D eigenvalue weighted by molar-refractivity contribution is -0.120. The summed E-state index contributed by atoms with van der Waals surface area (Å²) in [6.45, 7) is 5.07. The van der Waals surface area contributed by atoms with E-state index >= 15 is 0 Å². The van der Waals surface area contributed by atoms with Crippen molar-refractivity contribution in [1.29, 1.82) is 0 Å². The molecule has 0 aromatic carbocycles. The highest BCUT2D eigenvalue weighted by atomic mass is 16.5. The maximum absolute atomic E-state index is 11.8. The first-order valence-corrected chi connectivity index (χ1v) is 8.64. The number of hydrogen-bond acceptors (Lipinski definition) is 4. The number of carbonyl (C=O) groups is 1. The van der Waals surface area contributed by atoms with Crippen LogP contribution >= 0.6 is 0 Å². The summed E-state index contributed by atoms with van der Waals surface area (Å²) in [5.74, 6) is 0.627. The normalized spacial score (nSPS) is 13.2. The molecule has 0 aliphatic heterocycles. The number of aliphatic imine (C=N–C) groups is 1. The summed E-state index contributed by atoms with van der Waals surface area (Å²) in [5.41, 5.74) is 0. The molecular weight excluding hydrogens is 280 g/mol. The standard InChI is InChI=1S/C17H34N2O3/c1-4-6-8-10-15(20)14-18-16(11-9-7-5-2)19-17(21)12-13-22-3/h15,20H,4-14H2,1-3H3,(H,18,19,21). The molecule has 0 aromatic heterocycles. The van der Waals surface area contributed by atoms with Gasteiger partial charge in [-0.15, -0.1) is 0 Å². The number of rotatable bonds is 13. The van der Waals surface area contributed by atoms with Gasteiger partial charge in [-0.05, 0) is 12.8 Å². The quantitative estimate of drug-likeness (QED) is 0.312. The zero-order valence-electron chi connectivity index (χ0n) is 14.6. The maximum atomic E-state index is 11.8. The van der Waals surface area contributed by atoms with Crippen molar-refractivity contribution in [3.63, 3.8) is 0 Å². The van der Waals surface area contributed by atoms with Crippen LogP contribution in [-0.4, -0.2) is 43.2 Å². The molecule has 2 N–H and O–H groups in total. The van der Waals surface area contributed by atoms with Gasteiger partial charge in [-0.1, -0.05) is 46.0 Å². The summed E-state index contributed by atoms with van der Waals surface area (Å²) >= 11 is 0. The molecule has 0 fully saturated rings. The minimum absolute atomic E-state index is 0.0717. The summed E-state index contributed by atoms with van der Waals surface area (Å²) in [7, 11) is 1.58. The monoisotopic (exact) mass is 314 g/mol. The molecule has 0 aliphatic rings. The lowest BCUT2D eigenvalue weighted by atomic mass is 10.1. The Morgan fingerprint density at radius 3 is 2.45 bits per heavy atom. The van der Waals surface area contributed by atoms with Crippen LogP contribution in [0, 0.1) is 0 Å². The van der Waals surface area contributed by atoms with Gasteiger partial charge in [0.1, 0.15) is 5.84 Å². The second-order valence-electron chi connectivity index (χ2n) is 5.69. The van der Waals surface area contributed by atoms with Gasteiger partial charge in [-0.2, -0.15) is 0 Å². The largest absolute Gasteiger partial charge is 0.391 e. The summed E-state index contributed by atoms with van der Waals surface area (Å²) in [4.78, 5) is 16.2. The number of carbonyl (C=O) groups excluding carboxylic acids is 1. The van der Waals surface area contributed by atoms with E-state index in [1.807, 2.05) is 0 Å². The van der Waals surface area contributed by atoms with Gasteiger partial charge in [-0.25, -0.2) is 0 Å². The van der Waals surface area contributed by atoms with Crippen LogP contribution < -0.4 is 5.32 Å². The molecule has 0 radical (unpaired) electrons. The second kappa shape index (κ2) is 15.0. The van der Waals surface area contributed by atoms with Gasteiger partial charge in [0.15, 0.2) is 0 Å². The maximum Gasteiger partial charge on any atom is 0.227 e. The predicted octanol–water partition coefficient (Wildman–Crippen LogP) is 3.06. The smallest absolute Gasteiger partial charge is 0.227 e. The molecule has 1 amide bonds. The van der Waals surface area contributed by atoms with E-state index in [0.29, 0.717) is 25.4 Å². The van der Waals surface area contributed by atoms with Crippen LogP contribution in [0.2, 0.25) is 0 Å². The van der Waals surface area contributed by atoms with Crippen LogP contribution in [0.3, 0.4) is 0 Å². The lowest BCUT2D eigenvalue weighted by Gasteiger charge is -2.11. The molecule has 0 aromatic rings. The molecule has 1 unspecified atom stereocenters. The van der Waals surface area contributed by atoms with Gasteiger partial charge in [0, 0.05) is 13.5 Å². The SMILES string of the molecule is CCCCC/C(=N/CC(O)CCCCC)NC(=O)CCOC. The van der Waals surface area contributed by atoms with Gasteiger partial charge in [0.2, 0.25) is 5.91 Å². The Kier molecular flexibility index (Phi) is 14.3. The topological polar surface area (TPSA) is 70.9 Å². The Morgan fingerprint density at radius 1 is 1.14 bits per heavy atom. The van der Waals surface area contributed by atoms with Crippen molar-refractivity contribution in [2.24, 2.45) is 4.99 Å². The third kappa shape index (κ3) is 12.8. The molecule has 0 saturated heterocycles. The molecular formula is C17H34N2O3. The van der Waals surface area contributed by atoms with Gasteiger partial charge in [-0.3, -0.25) is 9.79 Å². The molecule has 5 heteroatoms. The van der Waals surface area contributed by atoms with Crippen molar-refractivity contribution < 1.29 is 14.6 Å². The molecule has 0 aliphatic carbocycles. The van der Waals surface area contributed by atoms with Crippen molar-refractivity contribution in [3.05, 3.63) is 0 Å². The fourth-order valence-corrected chi connectivity index (χ4v) is 2.08. The highest BCUT2D eigenvalue weighted by molar-refractivity contribution is 5.98. The molecule has 1 atom stereocenters. The minimum atomic E-state index is -0.413. The molecule has 5 nitrogen and oxygen atoms in total. The minimum Gasteiger partial charge on any atom is -0.391 e. The van der Waals surface area contributed by atoms with Crippen LogP contribution in [0.5, 0.6) is 0 Å². The van der Waals surface area contributed by atoms with Crippen LogP contribution in [0.4, 0.5) is 0 Å². The van der Waals surface area contributed by atoms with E-state index in [1.165, 1.54) is 0 Å². The third-order valence-corrected chi connectivity index (χ3v) is 3.47. The fourth-order valence-electron chi connectivity index (χ4n) is 2.08. The Bertz CT molecular complexity index is 306. The lowest BCUT2D eigenvalue weighted by Crippen LogP contribution is -2.32. The van der Waals surface area contributed by atoms with Gasteiger partial charge >= 0.3 is 0 Å². The van der Waals surface area contributed by atoms with E-state index in [-0.39, 0.29) is 5.91 Å². The number of methoxy groups -OCH3 is 1. The summed E-state index contributed by atoms with van der Waals surface area (Å²) in [6.07, 6.45) is 8.02. The predicted molar refractivity (Wildman–Crippen MR) is 91.2 cm³/mol. The molecule has 0 rings (SSSR count). The van der Waals surface area contributed by atoms with Crippen LogP contribution in [0.25, 0.3) is 0 Å². The average molecular weight is 314 g/mol. The second-order valence-corrected chi connectivity index (χ2v) is 5.69. The molecule has 22 heavy (non-hydrogen) atoms. The van der Waals surface area contributed by atoms with E-state index in [2.05, 4.69) is 24.2 Å². The number of aliphatic hydroxyl groups excluding tert-OH is 1. The third-order valence-electron chi connectivity index (χ3n) is 3.47. The number of nitrogens with zero attached hydrogens (tertiary/aromatic N) is 1. The summed E-state index contributed by atoms with van der Waals surface area (Å²) < 4.78 is 4.90. The highest BCUT2D eigenvalue weighted by Gasteiger charge is 2.08. The highest BCUT2D eigenvalue weighted by Crippen LogP contribution is 2.05. The van der Waals surface area contributed by atoms with Gasteiger partial charge in [0.25, 0.3) is 0 Å². The van der Waals surface area contributed by atoms with Crippen molar-refractivity contribution in [1.82, 2.24) is 5.32 Å². The number of amides is 1. The van der Waals surface area contributed by atoms with Crippen molar-refractivity contribution in [2.75, 3.05) is 20.3 Å². The van der Waals surface area contributed by atoms with E-state index < -0.39 is 6.10 Å². The van der Waals surface area contributed by atoms with Crippen molar-refractivity contribution >= 4 is 11.7 Å². The molecule has 0 bridgehead atoms. The van der Waals surface area contributed by atoms with E-state index in [9.17, 15) is 9.90 Å². The van der Waals surface area contributed by atoms with Crippen molar-refractivity contribution in [3.8, 4) is 0 Å². The first kappa shape index (κ1) is 21.1. The number of hydrogen-bond donors (Lipinski definition) is 2. The fraction of sp³-hybridized carbons (Fsp3) is 0.882. The zero-order valence-corrected chi connectivity index (χ0v) is 14.6. The van der Waals surface area contributed by atoms with E-state index in [0.717, 1.165) is 51.4 Å². The molecule has 0 saturated carbocycles. The number of nitrogens with one attached hydrogen (secondary N) is 1. The van der Waals surface area contributed by atoms with Crippen molar-refractivity contribution in [2.45, 2.75) is 77.7 Å². The Morgan fingerprint density at radius 2 is 1.82 bits per heavy atom. The Labute approximate surface area is 135 Å². The van der Waals surface area contributed by atoms with E-state index in [1.54, 1.807) is 7.11 Å². The van der Waals surface area contributed by atoms with Crippen LogP contribution in [0.1, 0.15) is 71.6 Å². The molecule has 0 heterocycles. The molecule has 0 spiro atoms. The Hall–Kier alpha value is -0.940. The Balaban J connectivity index is 4.29. The number of aliphatic hydroxyl groups is 1. The number of ether oxygens (including phenoxy) is 1. The van der Waals surface area contributed by atoms with E-state index in [4.69, 9.17) is 4.74 Å². The van der Waals surface area contributed by atoms with Crippen LogP contribution in [-0.2, 0) is 9.53 Å². The first-order valence-electron chi connectivity index (χ1n) is 8.64. The van der Waals surface area contributed by atoms with Gasteiger partial charge in [0.05, 0.1) is 25.7 Å².